The van der Waals surface area contributed by atoms with Gasteiger partial charge in [-0.2, -0.15) is 0 Å². The number of benzene rings is 1. The molecule has 0 aliphatic rings. The van der Waals surface area contributed by atoms with Gasteiger partial charge in [-0.25, -0.2) is 0 Å². The topological polar surface area (TPSA) is 39.2 Å². The van der Waals surface area contributed by atoms with Crippen LogP contribution >= 0.6 is 0 Å². The van der Waals surface area contributed by atoms with E-state index in [1.807, 2.05) is 43.3 Å². The van der Waals surface area contributed by atoms with Crippen LogP contribution in [0, 0.1) is 0 Å². The number of aryl methyl sites for hydroxylation is 1. The summed E-state index contributed by atoms with van der Waals surface area (Å²) in [7, 11) is 0. The maximum Gasteiger partial charge on any atom is 0.166 e. The van der Waals surface area contributed by atoms with Gasteiger partial charge in [0.05, 0.1) is 12.2 Å². The summed E-state index contributed by atoms with van der Waals surface area (Å²) in [5.74, 6) is 0.783. The quantitative estimate of drug-likeness (QED) is 0.743. The molecule has 3 heteroatoms. The molecule has 0 saturated heterocycles. The molecule has 19 heavy (non-hydrogen) atoms. The van der Waals surface area contributed by atoms with E-state index < -0.39 is 0 Å². The van der Waals surface area contributed by atoms with E-state index in [2.05, 4.69) is 4.98 Å². The summed E-state index contributed by atoms with van der Waals surface area (Å²) in [6, 6.07) is 11.3. The van der Waals surface area contributed by atoms with Crippen LogP contribution < -0.4 is 4.74 Å². The van der Waals surface area contributed by atoms with Crippen molar-refractivity contribution in [1.29, 1.82) is 0 Å². The Kier molecular flexibility index (Phi) is 4.67. The predicted molar refractivity (Wildman–Crippen MR) is 74.5 cm³/mol. The molecule has 1 aromatic heterocycles. The van der Waals surface area contributed by atoms with Crippen LogP contribution in [0.3, 0.4) is 0 Å². The van der Waals surface area contributed by atoms with Crippen molar-refractivity contribution >= 4 is 5.78 Å². The zero-order valence-corrected chi connectivity index (χ0v) is 11.0. The Hall–Kier alpha value is -2.16. The molecule has 0 amide bonds. The number of carbonyl (C=O) groups excluding carboxylic acids is 1. The van der Waals surface area contributed by atoms with Crippen LogP contribution in [-0.2, 0) is 6.42 Å². The molecule has 0 N–H and O–H groups in total. The Morgan fingerprint density at radius 2 is 1.89 bits per heavy atom. The van der Waals surface area contributed by atoms with Gasteiger partial charge in [-0.05, 0) is 43.2 Å². The van der Waals surface area contributed by atoms with Crippen molar-refractivity contribution in [3.63, 3.8) is 0 Å². The number of aromatic nitrogens is 1. The average Bonchev–Trinajstić information content (AvgIpc) is 2.47. The zero-order chi connectivity index (χ0) is 13.5. The molecule has 2 aromatic rings. The van der Waals surface area contributed by atoms with Gasteiger partial charge in [0.1, 0.15) is 5.75 Å². The fraction of sp³-hybridized carbons (Fsp3) is 0.250. The van der Waals surface area contributed by atoms with Gasteiger partial charge in [-0.15, -0.1) is 0 Å². The van der Waals surface area contributed by atoms with Gasteiger partial charge >= 0.3 is 0 Å². The van der Waals surface area contributed by atoms with Crippen molar-refractivity contribution in [2.24, 2.45) is 0 Å². The van der Waals surface area contributed by atoms with E-state index in [9.17, 15) is 4.79 Å². The molecule has 0 spiro atoms. The Balaban J connectivity index is 2.04. The summed E-state index contributed by atoms with van der Waals surface area (Å²) in [6.07, 6.45) is 4.69. The lowest BCUT2D eigenvalue weighted by molar-refractivity contribution is 0.0979. The van der Waals surface area contributed by atoms with Crippen LogP contribution in [-0.4, -0.2) is 17.4 Å². The summed E-state index contributed by atoms with van der Waals surface area (Å²) >= 11 is 0. The van der Waals surface area contributed by atoms with Gasteiger partial charge < -0.3 is 4.74 Å². The number of nitrogens with zero attached hydrogens (tertiary/aromatic N) is 1. The van der Waals surface area contributed by atoms with Gasteiger partial charge in [0, 0.05) is 18.8 Å². The fourth-order valence-electron chi connectivity index (χ4n) is 1.92. The first-order chi connectivity index (χ1) is 9.31. The molecule has 0 unspecified atom stereocenters. The standard InChI is InChI=1S/C16H17NO2/c1-2-19-16-6-4-3-5-14(16)15(18)8-7-13-9-11-17-12-10-13/h3-6,9-12H,2,7-8H2,1H3. The van der Waals surface area contributed by atoms with E-state index in [0.29, 0.717) is 24.3 Å². The normalized spacial score (nSPS) is 10.2. The molecule has 0 aliphatic heterocycles. The van der Waals surface area contributed by atoms with Crippen molar-refractivity contribution < 1.29 is 9.53 Å². The Morgan fingerprint density at radius 3 is 2.63 bits per heavy atom. The number of pyridine rings is 1. The Morgan fingerprint density at radius 1 is 1.16 bits per heavy atom. The minimum absolute atomic E-state index is 0.112. The molecule has 2 rings (SSSR count). The van der Waals surface area contributed by atoms with E-state index in [1.54, 1.807) is 12.4 Å². The largest absolute Gasteiger partial charge is 0.493 e. The average molecular weight is 255 g/mol. The second kappa shape index (κ2) is 6.69. The molecule has 0 fully saturated rings. The number of hydrogen-bond donors (Lipinski definition) is 0. The summed E-state index contributed by atoms with van der Waals surface area (Å²) in [5, 5.41) is 0. The third kappa shape index (κ3) is 3.65. The van der Waals surface area contributed by atoms with Crippen molar-refractivity contribution in [3.05, 3.63) is 59.9 Å². The molecule has 0 radical (unpaired) electrons. The summed E-state index contributed by atoms with van der Waals surface area (Å²) in [5.41, 5.74) is 1.79. The highest BCUT2D eigenvalue weighted by atomic mass is 16.5. The van der Waals surface area contributed by atoms with Crippen LogP contribution in [0.5, 0.6) is 5.75 Å². The minimum Gasteiger partial charge on any atom is -0.493 e. The maximum atomic E-state index is 12.2. The zero-order valence-electron chi connectivity index (χ0n) is 11.0. The van der Waals surface area contributed by atoms with E-state index in [0.717, 1.165) is 12.0 Å². The summed E-state index contributed by atoms with van der Waals surface area (Å²) in [6.45, 7) is 2.48. The monoisotopic (exact) mass is 255 g/mol. The van der Waals surface area contributed by atoms with Crippen LogP contribution in [0.25, 0.3) is 0 Å². The number of carbonyl (C=O) groups is 1. The molecule has 3 nitrogen and oxygen atoms in total. The highest BCUT2D eigenvalue weighted by Gasteiger charge is 2.11. The van der Waals surface area contributed by atoms with Gasteiger partial charge in [-0.1, -0.05) is 12.1 Å². The predicted octanol–water partition coefficient (Wildman–Crippen LogP) is 3.30. The molecule has 0 aliphatic carbocycles. The van der Waals surface area contributed by atoms with Crippen LogP contribution in [0.1, 0.15) is 29.3 Å². The van der Waals surface area contributed by atoms with Gasteiger partial charge in [-0.3, -0.25) is 9.78 Å². The van der Waals surface area contributed by atoms with Crippen molar-refractivity contribution in [2.45, 2.75) is 19.8 Å². The molecule has 98 valence electrons. The molecule has 0 bridgehead atoms. The minimum atomic E-state index is 0.112. The van der Waals surface area contributed by atoms with E-state index in [1.165, 1.54) is 0 Å². The SMILES string of the molecule is CCOc1ccccc1C(=O)CCc1ccncc1. The second-order valence-corrected chi connectivity index (χ2v) is 4.21. The van der Waals surface area contributed by atoms with Gasteiger partial charge in [0.25, 0.3) is 0 Å². The molecular formula is C16H17NO2. The van der Waals surface area contributed by atoms with Crippen molar-refractivity contribution in [1.82, 2.24) is 4.98 Å². The maximum absolute atomic E-state index is 12.2. The third-order valence-electron chi connectivity index (χ3n) is 2.88. The van der Waals surface area contributed by atoms with E-state index in [-0.39, 0.29) is 5.78 Å². The number of ether oxygens (including phenoxy) is 1. The first kappa shape index (κ1) is 13.3. The van der Waals surface area contributed by atoms with Crippen LogP contribution in [0.15, 0.2) is 48.8 Å². The summed E-state index contributed by atoms with van der Waals surface area (Å²) < 4.78 is 5.48. The fourth-order valence-corrected chi connectivity index (χ4v) is 1.92. The van der Waals surface area contributed by atoms with Crippen molar-refractivity contribution in [2.75, 3.05) is 6.61 Å². The summed E-state index contributed by atoms with van der Waals surface area (Å²) in [4.78, 5) is 16.2. The number of Topliss-reactive ketones (excluding diaryl/α,β-unsaturated/α-hetero) is 1. The molecule has 1 heterocycles. The third-order valence-corrected chi connectivity index (χ3v) is 2.88. The van der Waals surface area contributed by atoms with Crippen LogP contribution in [0.4, 0.5) is 0 Å². The second-order valence-electron chi connectivity index (χ2n) is 4.21. The number of hydrogen-bond acceptors (Lipinski definition) is 3. The first-order valence-corrected chi connectivity index (χ1v) is 6.45. The highest BCUT2D eigenvalue weighted by molar-refractivity contribution is 5.98. The number of ketones is 1. The van der Waals surface area contributed by atoms with Gasteiger partial charge in [0.15, 0.2) is 5.78 Å². The highest BCUT2D eigenvalue weighted by Crippen LogP contribution is 2.20. The number of para-hydroxylation sites is 1. The smallest absolute Gasteiger partial charge is 0.166 e. The first-order valence-electron chi connectivity index (χ1n) is 6.45. The van der Waals surface area contributed by atoms with E-state index in [4.69, 9.17) is 4.74 Å². The van der Waals surface area contributed by atoms with Gasteiger partial charge in [0.2, 0.25) is 0 Å². The lowest BCUT2D eigenvalue weighted by atomic mass is 10.0. The molecule has 1 aromatic carbocycles. The molecule has 0 atom stereocenters. The Bertz CT molecular complexity index is 537. The van der Waals surface area contributed by atoms with Crippen molar-refractivity contribution in [3.8, 4) is 5.75 Å². The lowest BCUT2D eigenvalue weighted by Gasteiger charge is -2.08. The Labute approximate surface area is 113 Å². The molecular weight excluding hydrogens is 238 g/mol. The molecule has 0 saturated carbocycles. The van der Waals surface area contributed by atoms with E-state index >= 15 is 0 Å². The van der Waals surface area contributed by atoms with Crippen LogP contribution in [0.2, 0.25) is 0 Å². The lowest BCUT2D eigenvalue weighted by Crippen LogP contribution is -2.05. The number of rotatable bonds is 6.